The Bertz CT molecular complexity index is 294. The van der Waals surface area contributed by atoms with E-state index in [1.54, 1.807) is 0 Å². The van der Waals surface area contributed by atoms with Gasteiger partial charge in [0.2, 0.25) is 11.8 Å². The maximum atomic E-state index is 11.0. The molecule has 0 aliphatic rings. The van der Waals surface area contributed by atoms with Gasteiger partial charge in [0.25, 0.3) is 0 Å². The van der Waals surface area contributed by atoms with Gasteiger partial charge < -0.3 is 16.8 Å². The highest BCUT2D eigenvalue weighted by atomic mass is 32.1. The van der Waals surface area contributed by atoms with Gasteiger partial charge in [-0.15, -0.1) is 0 Å². The van der Waals surface area contributed by atoms with Crippen molar-refractivity contribution < 1.29 is 9.59 Å². The summed E-state index contributed by atoms with van der Waals surface area (Å²) >= 11 is 3.97. The fourth-order valence-corrected chi connectivity index (χ4v) is 1.36. The Hall–Kier alpha value is -1.24. The van der Waals surface area contributed by atoms with Gasteiger partial charge in [-0.3, -0.25) is 14.6 Å². The lowest BCUT2D eigenvalue weighted by atomic mass is 10.1. The minimum absolute atomic E-state index is 0.258. The van der Waals surface area contributed by atoms with Crippen LogP contribution < -0.4 is 16.8 Å². The van der Waals surface area contributed by atoms with Gasteiger partial charge in [0.05, 0.1) is 0 Å². The van der Waals surface area contributed by atoms with E-state index in [-0.39, 0.29) is 5.91 Å². The second-order valence-corrected chi connectivity index (χ2v) is 4.00. The van der Waals surface area contributed by atoms with Gasteiger partial charge in [0, 0.05) is 19.2 Å². The van der Waals surface area contributed by atoms with Gasteiger partial charge in [-0.2, -0.15) is 12.6 Å². The number of nitrogens with zero attached hydrogens (tertiary/aromatic N) is 1. The van der Waals surface area contributed by atoms with E-state index in [2.05, 4.69) is 22.9 Å². The van der Waals surface area contributed by atoms with Crippen LogP contribution in [0.25, 0.3) is 0 Å². The molecule has 5 N–H and O–H groups in total. The molecular formula is C10H20N4O2S. The largest absolute Gasteiger partial charge is 0.387 e. The number of thiol groups is 1. The average molecular weight is 260 g/mol. The van der Waals surface area contributed by atoms with Crippen molar-refractivity contribution in [3.05, 3.63) is 0 Å². The molecule has 0 spiro atoms. The maximum Gasteiger partial charge on any atom is 0.239 e. The van der Waals surface area contributed by atoms with E-state index < -0.39 is 11.9 Å². The fraction of sp³-hybridized carbons (Fsp3) is 0.700. The van der Waals surface area contributed by atoms with Crippen LogP contribution in [-0.4, -0.2) is 36.0 Å². The molecule has 0 aliphatic heterocycles. The van der Waals surface area contributed by atoms with Crippen LogP contribution in [0.5, 0.6) is 0 Å². The van der Waals surface area contributed by atoms with E-state index in [0.717, 1.165) is 12.8 Å². The standard InChI is InChI=1S/C10H20N4O2S/c1-7(15)14-8(10(12)16)4-2-3-5-13-9(11)6-17/h8,17H,2-6H2,1H3,(H2,11,13)(H2,12,16)(H,14,15)/t8-/m0/s1. The predicted molar refractivity (Wildman–Crippen MR) is 71.0 cm³/mol. The third-order valence-corrected chi connectivity index (χ3v) is 2.42. The lowest BCUT2D eigenvalue weighted by Gasteiger charge is -2.13. The Labute approximate surface area is 107 Å². The molecule has 2 amide bonds. The number of aliphatic imine (C=N–C) groups is 1. The van der Waals surface area contributed by atoms with Gasteiger partial charge in [-0.05, 0) is 19.3 Å². The number of amidine groups is 1. The van der Waals surface area contributed by atoms with Crippen LogP contribution in [0.4, 0.5) is 0 Å². The number of carbonyl (C=O) groups is 2. The number of hydrogen-bond donors (Lipinski definition) is 4. The Balaban J connectivity index is 3.83. The summed E-state index contributed by atoms with van der Waals surface area (Å²) in [6.07, 6.45) is 2.06. The highest BCUT2D eigenvalue weighted by Gasteiger charge is 2.15. The molecule has 0 saturated carbocycles. The summed E-state index contributed by atoms with van der Waals surface area (Å²) in [6.45, 7) is 1.95. The molecule has 7 heteroatoms. The number of rotatable bonds is 8. The molecule has 1 atom stereocenters. The SMILES string of the molecule is CC(=O)N[C@@H](CCCCN=C(N)CS)C(N)=O. The quantitative estimate of drug-likeness (QED) is 0.203. The number of nitrogens with two attached hydrogens (primary N) is 2. The molecule has 0 fully saturated rings. The predicted octanol–water partition coefficient (Wildman–Crippen LogP) is -0.566. The Morgan fingerprint density at radius 2 is 2.00 bits per heavy atom. The van der Waals surface area contributed by atoms with Gasteiger partial charge in [-0.25, -0.2) is 0 Å². The summed E-state index contributed by atoms with van der Waals surface area (Å²) < 4.78 is 0. The van der Waals surface area contributed by atoms with E-state index in [1.165, 1.54) is 6.92 Å². The van der Waals surface area contributed by atoms with Gasteiger partial charge in [0.1, 0.15) is 11.9 Å². The molecule has 0 rings (SSSR count). The summed E-state index contributed by atoms with van der Waals surface area (Å²) in [5.74, 6) is 0.168. The van der Waals surface area contributed by atoms with Crippen LogP contribution in [0.1, 0.15) is 26.2 Å². The topological polar surface area (TPSA) is 111 Å². The molecule has 6 nitrogen and oxygen atoms in total. The molecule has 0 radical (unpaired) electrons. The first kappa shape index (κ1) is 15.8. The molecule has 0 saturated heterocycles. The first-order valence-electron chi connectivity index (χ1n) is 5.43. The van der Waals surface area contributed by atoms with Crippen molar-refractivity contribution in [3.63, 3.8) is 0 Å². The lowest BCUT2D eigenvalue weighted by molar-refractivity contribution is -0.126. The maximum absolute atomic E-state index is 11.0. The van der Waals surface area contributed by atoms with Crippen LogP contribution in [0.3, 0.4) is 0 Å². The number of carbonyl (C=O) groups excluding carboxylic acids is 2. The molecule has 17 heavy (non-hydrogen) atoms. The van der Waals surface area contributed by atoms with E-state index in [0.29, 0.717) is 24.6 Å². The van der Waals surface area contributed by atoms with Crippen LogP contribution in [0, 0.1) is 0 Å². The highest BCUT2D eigenvalue weighted by Crippen LogP contribution is 2.01. The number of amides is 2. The summed E-state index contributed by atoms with van der Waals surface area (Å²) in [6, 6.07) is -0.598. The molecule has 98 valence electrons. The lowest BCUT2D eigenvalue weighted by Crippen LogP contribution is -2.43. The Kier molecular flexibility index (Phi) is 8.21. The van der Waals surface area contributed by atoms with E-state index in [1.807, 2.05) is 0 Å². The van der Waals surface area contributed by atoms with Crippen LogP contribution in [0.2, 0.25) is 0 Å². The number of hydrogen-bond acceptors (Lipinski definition) is 4. The van der Waals surface area contributed by atoms with Gasteiger partial charge >= 0.3 is 0 Å². The Morgan fingerprint density at radius 3 is 2.47 bits per heavy atom. The van der Waals surface area contributed by atoms with E-state index in [4.69, 9.17) is 11.5 Å². The van der Waals surface area contributed by atoms with Crippen molar-refractivity contribution in [2.75, 3.05) is 12.3 Å². The van der Waals surface area contributed by atoms with Gasteiger partial charge in [0.15, 0.2) is 0 Å². The smallest absolute Gasteiger partial charge is 0.239 e. The van der Waals surface area contributed by atoms with Gasteiger partial charge in [-0.1, -0.05) is 0 Å². The summed E-state index contributed by atoms with van der Waals surface area (Å²) in [7, 11) is 0. The minimum Gasteiger partial charge on any atom is -0.387 e. The minimum atomic E-state index is -0.598. The molecule has 0 bridgehead atoms. The molecule has 0 aromatic heterocycles. The summed E-state index contributed by atoms with van der Waals surface area (Å²) in [5.41, 5.74) is 10.6. The van der Waals surface area contributed by atoms with Crippen LogP contribution in [0.15, 0.2) is 4.99 Å². The third kappa shape index (κ3) is 8.56. The van der Waals surface area contributed by atoms with E-state index in [9.17, 15) is 9.59 Å². The first-order chi connectivity index (χ1) is 7.97. The van der Waals surface area contributed by atoms with Crippen molar-refractivity contribution in [2.45, 2.75) is 32.2 Å². The molecule has 0 aliphatic carbocycles. The number of primary amides is 1. The number of unbranched alkanes of at least 4 members (excludes halogenated alkanes) is 1. The normalized spacial score (nSPS) is 13.2. The summed E-state index contributed by atoms with van der Waals surface area (Å²) in [5, 5.41) is 2.50. The number of nitrogens with one attached hydrogen (secondary N) is 1. The van der Waals surface area contributed by atoms with Crippen LogP contribution >= 0.6 is 12.6 Å². The molecule has 0 unspecified atom stereocenters. The zero-order chi connectivity index (χ0) is 13.3. The molecule has 0 heterocycles. The van der Waals surface area contributed by atoms with Crippen molar-refractivity contribution in [2.24, 2.45) is 16.5 Å². The van der Waals surface area contributed by atoms with Crippen LogP contribution in [-0.2, 0) is 9.59 Å². The van der Waals surface area contributed by atoms with E-state index >= 15 is 0 Å². The second kappa shape index (κ2) is 8.86. The summed E-state index contributed by atoms with van der Waals surface area (Å²) in [4.78, 5) is 25.9. The third-order valence-electron chi connectivity index (χ3n) is 2.10. The van der Waals surface area contributed by atoms with Crippen molar-refractivity contribution in [1.29, 1.82) is 0 Å². The van der Waals surface area contributed by atoms with Crippen molar-refractivity contribution in [3.8, 4) is 0 Å². The van der Waals surface area contributed by atoms with Crippen molar-refractivity contribution >= 4 is 30.3 Å². The molecule has 0 aromatic rings. The monoisotopic (exact) mass is 260 g/mol. The highest BCUT2D eigenvalue weighted by molar-refractivity contribution is 7.81. The second-order valence-electron chi connectivity index (χ2n) is 3.68. The zero-order valence-corrected chi connectivity index (χ0v) is 10.9. The fourth-order valence-electron chi connectivity index (χ4n) is 1.26. The molecule has 0 aromatic carbocycles. The zero-order valence-electron chi connectivity index (χ0n) is 9.98. The van der Waals surface area contributed by atoms with Crippen molar-refractivity contribution in [1.82, 2.24) is 5.32 Å². The first-order valence-corrected chi connectivity index (χ1v) is 6.06. The Morgan fingerprint density at radius 1 is 1.35 bits per heavy atom. The average Bonchev–Trinajstić information content (AvgIpc) is 2.25. The molecular weight excluding hydrogens is 240 g/mol.